The van der Waals surface area contributed by atoms with Gasteiger partial charge < -0.3 is 4.74 Å². The van der Waals surface area contributed by atoms with Gasteiger partial charge >= 0.3 is 6.09 Å². The highest BCUT2D eigenvalue weighted by Gasteiger charge is 2.48. The third-order valence-electron chi connectivity index (χ3n) is 5.63. The lowest BCUT2D eigenvalue weighted by molar-refractivity contribution is -0.132. The molecular formula is C18H24N2O6S. The van der Waals surface area contributed by atoms with Gasteiger partial charge in [-0.3, -0.25) is 14.9 Å². The van der Waals surface area contributed by atoms with E-state index in [9.17, 15) is 18.0 Å². The van der Waals surface area contributed by atoms with Crippen LogP contribution in [0.5, 0.6) is 0 Å². The van der Waals surface area contributed by atoms with E-state index >= 15 is 0 Å². The molecule has 1 saturated carbocycles. The molecule has 4 atom stereocenters. The van der Waals surface area contributed by atoms with Gasteiger partial charge in [-0.05, 0) is 42.9 Å². The number of carbonyl (C=O) groups excluding carboxylic acids is 2. The van der Waals surface area contributed by atoms with Crippen molar-refractivity contribution >= 4 is 27.5 Å². The zero-order valence-corrected chi connectivity index (χ0v) is 16.3. The van der Waals surface area contributed by atoms with E-state index < -0.39 is 32.7 Å². The van der Waals surface area contributed by atoms with E-state index in [2.05, 4.69) is 6.92 Å². The monoisotopic (exact) mass is 396 g/mol. The number of benzene rings is 1. The van der Waals surface area contributed by atoms with Crippen molar-refractivity contribution in [2.24, 2.45) is 5.92 Å². The fourth-order valence-electron chi connectivity index (χ4n) is 3.49. The highest BCUT2D eigenvalue weighted by molar-refractivity contribution is 7.92. The minimum absolute atomic E-state index is 0.127. The maximum Gasteiger partial charge on any atom is 0.414 e. The Hall–Kier alpha value is -2.13. The zero-order valence-electron chi connectivity index (χ0n) is 15.5. The Labute approximate surface area is 158 Å². The number of hydrogen-bond acceptors (Lipinski definition) is 6. The standard InChI is InChI=1S/C18H24N2O6S/c1-11-8-15(11)12-4-6-13(7-5-12)20-10-14(26-17(20)22)9-18(2,16(21)19-23)27(3,24)25/h4-7,11,14-15,23H,8-10H2,1-3H3,(H,19,21). The smallest absolute Gasteiger partial charge is 0.414 e. The molecule has 0 aromatic heterocycles. The number of nitrogens with zero attached hydrogens (tertiary/aromatic N) is 1. The Kier molecular flexibility index (Phi) is 4.94. The third-order valence-corrected chi connectivity index (χ3v) is 7.62. The van der Waals surface area contributed by atoms with Crippen molar-refractivity contribution in [3.05, 3.63) is 29.8 Å². The number of hydroxylamine groups is 1. The Morgan fingerprint density at radius 3 is 2.44 bits per heavy atom. The first-order valence-corrected chi connectivity index (χ1v) is 10.7. The van der Waals surface area contributed by atoms with Crippen molar-refractivity contribution < 1.29 is 28.0 Å². The predicted molar refractivity (Wildman–Crippen MR) is 98.4 cm³/mol. The van der Waals surface area contributed by atoms with E-state index in [1.54, 1.807) is 0 Å². The van der Waals surface area contributed by atoms with E-state index in [1.165, 1.54) is 29.3 Å². The number of amides is 2. The molecule has 148 valence electrons. The van der Waals surface area contributed by atoms with E-state index in [-0.39, 0.29) is 13.0 Å². The van der Waals surface area contributed by atoms with Crippen LogP contribution in [-0.2, 0) is 19.4 Å². The second-order valence-electron chi connectivity index (χ2n) is 7.68. The van der Waals surface area contributed by atoms with Crippen molar-refractivity contribution in [3.8, 4) is 0 Å². The molecule has 1 saturated heterocycles. The van der Waals surface area contributed by atoms with Crippen molar-refractivity contribution in [3.63, 3.8) is 0 Å². The van der Waals surface area contributed by atoms with E-state index in [1.807, 2.05) is 24.3 Å². The number of sulfone groups is 1. The van der Waals surface area contributed by atoms with Crippen LogP contribution in [0.25, 0.3) is 0 Å². The number of cyclic esters (lactones) is 1. The summed E-state index contributed by atoms with van der Waals surface area (Å²) in [7, 11) is -3.86. The Morgan fingerprint density at radius 1 is 1.37 bits per heavy atom. The van der Waals surface area contributed by atoms with Gasteiger partial charge in [-0.25, -0.2) is 18.7 Å². The molecule has 2 amide bonds. The summed E-state index contributed by atoms with van der Waals surface area (Å²) in [5.74, 6) is 0.204. The highest BCUT2D eigenvalue weighted by Crippen LogP contribution is 2.47. The average molecular weight is 396 g/mol. The lowest BCUT2D eigenvalue weighted by Crippen LogP contribution is -2.51. The summed E-state index contributed by atoms with van der Waals surface area (Å²) in [6.45, 7) is 3.53. The SMILES string of the molecule is CC1CC1c1ccc(N2CC(CC(C)(C(=O)NO)S(C)(=O)=O)OC2=O)cc1. The Morgan fingerprint density at radius 2 is 1.96 bits per heavy atom. The van der Waals surface area contributed by atoms with Crippen molar-refractivity contribution in [2.75, 3.05) is 17.7 Å². The third kappa shape index (κ3) is 3.66. The molecule has 8 nitrogen and oxygen atoms in total. The maximum absolute atomic E-state index is 12.2. The van der Waals surface area contributed by atoms with Gasteiger partial charge in [-0.15, -0.1) is 0 Å². The van der Waals surface area contributed by atoms with Crippen LogP contribution in [-0.4, -0.2) is 49.3 Å². The van der Waals surface area contributed by atoms with Crippen LogP contribution in [0.15, 0.2) is 24.3 Å². The normalized spacial score (nSPS) is 27.0. The largest absolute Gasteiger partial charge is 0.444 e. The van der Waals surface area contributed by atoms with E-state index in [0.717, 1.165) is 6.26 Å². The predicted octanol–water partition coefficient (Wildman–Crippen LogP) is 1.83. The molecule has 0 radical (unpaired) electrons. The molecule has 1 aliphatic heterocycles. The van der Waals surface area contributed by atoms with Crippen LogP contribution in [0.3, 0.4) is 0 Å². The molecule has 1 aliphatic carbocycles. The first-order valence-electron chi connectivity index (χ1n) is 8.79. The molecule has 0 bridgehead atoms. The highest BCUT2D eigenvalue weighted by atomic mass is 32.2. The van der Waals surface area contributed by atoms with Crippen molar-refractivity contribution in [2.45, 2.75) is 43.5 Å². The molecule has 3 rings (SSSR count). The van der Waals surface area contributed by atoms with Gasteiger partial charge in [0.1, 0.15) is 6.10 Å². The summed E-state index contributed by atoms with van der Waals surface area (Å²) in [6, 6.07) is 7.67. The molecule has 0 spiro atoms. The van der Waals surface area contributed by atoms with Crippen molar-refractivity contribution in [1.82, 2.24) is 5.48 Å². The topological polar surface area (TPSA) is 113 Å². The first kappa shape index (κ1) is 19.6. The molecule has 1 heterocycles. The Bertz CT molecular complexity index is 853. The Balaban J connectivity index is 1.74. The lowest BCUT2D eigenvalue weighted by Gasteiger charge is -2.26. The number of anilines is 1. The molecule has 2 aliphatic rings. The quantitative estimate of drug-likeness (QED) is 0.560. The molecule has 27 heavy (non-hydrogen) atoms. The fraction of sp³-hybridized carbons (Fsp3) is 0.556. The van der Waals surface area contributed by atoms with Gasteiger partial charge in [0.25, 0.3) is 5.91 Å². The molecule has 2 N–H and O–H groups in total. The van der Waals surface area contributed by atoms with Crippen LogP contribution < -0.4 is 10.4 Å². The molecule has 2 fully saturated rings. The number of carbonyl (C=O) groups is 2. The van der Waals surface area contributed by atoms with Gasteiger partial charge in [-0.1, -0.05) is 19.1 Å². The first-order chi connectivity index (χ1) is 12.6. The fourth-order valence-corrected chi connectivity index (χ4v) is 4.36. The number of hydrogen-bond donors (Lipinski definition) is 2. The molecule has 9 heteroatoms. The van der Waals surface area contributed by atoms with Gasteiger partial charge in [0, 0.05) is 18.4 Å². The van der Waals surface area contributed by atoms with Crippen LogP contribution in [0.2, 0.25) is 0 Å². The zero-order chi connectivity index (χ0) is 20.0. The molecular weight excluding hydrogens is 372 g/mol. The summed E-state index contributed by atoms with van der Waals surface area (Å²) in [4.78, 5) is 25.6. The summed E-state index contributed by atoms with van der Waals surface area (Å²) >= 11 is 0. The van der Waals surface area contributed by atoms with Crippen LogP contribution in [0.1, 0.15) is 38.2 Å². The van der Waals surface area contributed by atoms with Gasteiger partial charge in [0.05, 0.1) is 6.54 Å². The van der Waals surface area contributed by atoms with Gasteiger partial charge in [-0.2, -0.15) is 0 Å². The average Bonchev–Trinajstić information content (AvgIpc) is 3.23. The second kappa shape index (κ2) is 6.79. The summed E-state index contributed by atoms with van der Waals surface area (Å²) in [5, 5.41) is 8.90. The molecule has 4 unspecified atom stereocenters. The minimum Gasteiger partial charge on any atom is -0.444 e. The van der Waals surface area contributed by atoms with Crippen molar-refractivity contribution in [1.29, 1.82) is 0 Å². The maximum atomic E-state index is 12.2. The minimum atomic E-state index is -3.86. The van der Waals surface area contributed by atoms with Gasteiger partial charge in [0.2, 0.25) is 0 Å². The van der Waals surface area contributed by atoms with Crippen LogP contribution in [0, 0.1) is 5.92 Å². The summed E-state index contributed by atoms with van der Waals surface area (Å²) in [6.07, 6.45) is 0.446. The van der Waals surface area contributed by atoms with Crippen LogP contribution >= 0.6 is 0 Å². The summed E-state index contributed by atoms with van der Waals surface area (Å²) < 4.78 is 27.5. The van der Waals surface area contributed by atoms with Crippen LogP contribution in [0.4, 0.5) is 10.5 Å². The number of rotatable bonds is 6. The van der Waals surface area contributed by atoms with E-state index in [4.69, 9.17) is 9.94 Å². The van der Waals surface area contributed by atoms with Gasteiger partial charge in [0.15, 0.2) is 14.6 Å². The molecule has 1 aromatic rings. The van der Waals surface area contributed by atoms with E-state index in [0.29, 0.717) is 17.5 Å². The number of ether oxygens (including phenoxy) is 1. The second-order valence-corrected chi connectivity index (χ2v) is 10.1. The molecule has 1 aromatic carbocycles. The number of nitrogens with one attached hydrogen (secondary N) is 1. The lowest BCUT2D eigenvalue weighted by atomic mass is 10.0. The summed E-state index contributed by atoms with van der Waals surface area (Å²) in [5.41, 5.74) is 3.29.